The van der Waals surface area contributed by atoms with Gasteiger partial charge in [-0.15, -0.1) is 0 Å². The predicted octanol–water partition coefficient (Wildman–Crippen LogP) is 4.76. The van der Waals surface area contributed by atoms with E-state index in [0.717, 1.165) is 10.0 Å². The van der Waals surface area contributed by atoms with Crippen LogP contribution in [0.5, 0.6) is 11.5 Å². The molecule has 0 aliphatic carbocycles. The topological polar surface area (TPSA) is 35.5 Å². The first kappa shape index (κ1) is 15.6. The van der Waals surface area contributed by atoms with Crippen molar-refractivity contribution in [3.63, 3.8) is 0 Å². The third-order valence-electron chi connectivity index (χ3n) is 2.82. The molecule has 2 rings (SSSR count). The number of aryl methyl sites for hydroxylation is 1. The first-order chi connectivity index (χ1) is 9.97. The molecule has 0 radical (unpaired) electrons. The molecule has 2 aromatic carbocycles. The fraction of sp³-hybridized carbons (Fsp3) is 0.235. The van der Waals surface area contributed by atoms with Crippen molar-refractivity contribution in [3.05, 3.63) is 58.1 Å². The minimum atomic E-state index is -0.429. The molecule has 21 heavy (non-hydrogen) atoms. The molecule has 0 aliphatic rings. The van der Waals surface area contributed by atoms with Gasteiger partial charge in [0, 0.05) is 4.47 Å². The lowest BCUT2D eigenvalue weighted by Crippen LogP contribution is -2.14. The third kappa shape index (κ3) is 4.08. The summed E-state index contributed by atoms with van der Waals surface area (Å²) in [6.07, 6.45) is -0.0174. The highest BCUT2D eigenvalue weighted by Crippen LogP contribution is 2.26. The number of carbonyl (C=O) groups excluding carboxylic acids is 1. The maximum atomic E-state index is 12.4. The zero-order chi connectivity index (χ0) is 15.4. The molecule has 0 N–H and O–H groups in total. The van der Waals surface area contributed by atoms with Crippen molar-refractivity contribution in [1.29, 1.82) is 0 Å². The Kier molecular flexibility index (Phi) is 5.02. The van der Waals surface area contributed by atoms with Crippen molar-refractivity contribution in [2.24, 2.45) is 0 Å². The number of benzene rings is 2. The van der Waals surface area contributed by atoms with E-state index in [1.54, 1.807) is 18.2 Å². The Hall–Kier alpha value is -1.81. The van der Waals surface area contributed by atoms with E-state index in [4.69, 9.17) is 9.47 Å². The Balaban J connectivity index is 2.30. The standard InChI is InChI=1S/C17H17BrO3/c1-11(2)20-16-9-8-13(18)10-14(16)17(19)21-15-7-5-4-6-12(15)3/h4-11H,1-3H3. The van der Waals surface area contributed by atoms with Crippen LogP contribution in [0.25, 0.3) is 0 Å². The molecular formula is C17H17BrO3. The van der Waals surface area contributed by atoms with Gasteiger partial charge in [-0.25, -0.2) is 4.79 Å². The van der Waals surface area contributed by atoms with Crippen LogP contribution < -0.4 is 9.47 Å². The summed E-state index contributed by atoms with van der Waals surface area (Å²) in [5.74, 6) is 0.644. The van der Waals surface area contributed by atoms with Gasteiger partial charge in [-0.2, -0.15) is 0 Å². The molecule has 0 unspecified atom stereocenters. The third-order valence-corrected chi connectivity index (χ3v) is 3.31. The molecule has 0 atom stereocenters. The maximum Gasteiger partial charge on any atom is 0.347 e. The van der Waals surface area contributed by atoms with Crippen LogP contribution in [0, 0.1) is 6.92 Å². The first-order valence-corrected chi connectivity index (χ1v) is 7.50. The molecule has 0 aromatic heterocycles. The second kappa shape index (κ2) is 6.76. The minimum Gasteiger partial charge on any atom is -0.490 e. The minimum absolute atomic E-state index is 0.0174. The summed E-state index contributed by atoms with van der Waals surface area (Å²) in [6.45, 7) is 5.73. The van der Waals surface area contributed by atoms with Gasteiger partial charge < -0.3 is 9.47 Å². The molecule has 0 bridgehead atoms. The van der Waals surface area contributed by atoms with E-state index < -0.39 is 5.97 Å². The van der Waals surface area contributed by atoms with E-state index >= 15 is 0 Å². The summed E-state index contributed by atoms with van der Waals surface area (Å²) in [5.41, 5.74) is 1.31. The van der Waals surface area contributed by atoms with Gasteiger partial charge in [0.15, 0.2) is 0 Å². The molecule has 3 nitrogen and oxygen atoms in total. The molecule has 4 heteroatoms. The molecular weight excluding hydrogens is 332 g/mol. The van der Waals surface area contributed by atoms with Crippen LogP contribution in [0.15, 0.2) is 46.9 Å². The lowest BCUT2D eigenvalue weighted by Gasteiger charge is -2.14. The molecule has 0 aliphatic heterocycles. The average Bonchev–Trinajstić information content (AvgIpc) is 2.43. The molecule has 0 fully saturated rings. The zero-order valence-corrected chi connectivity index (χ0v) is 13.8. The van der Waals surface area contributed by atoms with E-state index in [-0.39, 0.29) is 6.10 Å². The van der Waals surface area contributed by atoms with Crippen LogP contribution in [0.2, 0.25) is 0 Å². The van der Waals surface area contributed by atoms with Crippen molar-refractivity contribution >= 4 is 21.9 Å². The quantitative estimate of drug-likeness (QED) is 0.590. The van der Waals surface area contributed by atoms with E-state index in [1.165, 1.54) is 0 Å². The first-order valence-electron chi connectivity index (χ1n) is 6.71. The maximum absolute atomic E-state index is 12.4. The summed E-state index contributed by atoms with van der Waals surface area (Å²) in [4.78, 5) is 12.4. The largest absolute Gasteiger partial charge is 0.490 e. The number of esters is 1. The van der Waals surface area contributed by atoms with Crippen molar-refractivity contribution < 1.29 is 14.3 Å². The number of para-hydroxylation sites is 1. The second-order valence-corrected chi connectivity index (χ2v) is 5.88. The predicted molar refractivity (Wildman–Crippen MR) is 86.0 cm³/mol. The molecule has 0 amide bonds. The van der Waals surface area contributed by atoms with E-state index in [2.05, 4.69) is 15.9 Å². The van der Waals surface area contributed by atoms with Crippen LogP contribution in [0.1, 0.15) is 29.8 Å². The molecule has 2 aromatic rings. The van der Waals surface area contributed by atoms with Gasteiger partial charge in [-0.05, 0) is 50.6 Å². The van der Waals surface area contributed by atoms with E-state index in [1.807, 2.05) is 45.0 Å². The lowest BCUT2D eigenvalue weighted by molar-refractivity contribution is 0.0727. The van der Waals surface area contributed by atoms with Crippen molar-refractivity contribution in [1.82, 2.24) is 0 Å². The number of ether oxygens (including phenoxy) is 2. The lowest BCUT2D eigenvalue weighted by atomic mass is 10.2. The monoisotopic (exact) mass is 348 g/mol. The fourth-order valence-electron chi connectivity index (χ4n) is 1.84. The Morgan fingerprint density at radius 3 is 2.48 bits per heavy atom. The Morgan fingerprint density at radius 1 is 1.10 bits per heavy atom. The molecule has 0 saturated heterocycles. The van der Waals surface area contributed by atoms with Crippen molar-refractivity contribution in [2.45, 2.75) is 26.9 Å². The molecule has 0 spiro atoms. The van der Waals surface area contributed by atoms with Gasteiger partial charge in [0.1, 0.15) is 17.1 Å². The second-order valence-electron chi connectivity index (χ2n) is 4.96. The number of hydrogen-bond donors (Lipinski definition) is 0. The highest BCUT2D eigenvalue weighted by atomic mass is 79.9. The van der Waals surface area contributed by atoms with Crippen LogP contribution in [0.3, 0.4) is 0 Å². The number of rotatable bonds is 4. The van der Waals surface area contributed by atoms with Gasteiger partial charge >= 0.3 is 5.97 Å². The van der Waals surface area contributed by atoms with Crippen LogP contribution in [-0.2, 0) is 0 Å². The SMILES string of the molecule is Cc1ccccc1OC(=O)c1cc(Br)ccc1OC(C)C. The molecule has 0 heterocycles. The summed E-state index contributed by atoms with van der Waals surface area (Å²) in [5, 5.41) is 0. The van der Waals surface area contributed by atoms with Gasteiger partial charge in [-0.1, -0.05) is 34.1 Å². The average molecular weight is 349 g/mol. The molecule has 0 saturated carbocycles. The highest BCUT2D eigenvalue weighted by Gasteiger charge is 2.17. The Morgan fingerprint density at radius 2 is 1.81 bits per heavy atom. The van der Waals surface area contributed by atoms with Gasteiger partial charge in [0.25, 0.3) is 0 Å². The van der Waals surface area contributed by atoms with Crippen molar-refractivity contribution in [3.8, 4) is 11.5 Å². The molecule has 110 valence electrons. The summed E-state index contributed by atoms with van der Waals surface area (Å²) in [7, 11) is 0. The Labute approximate surface area is 133 Å². The Bertz CT molecular complexity index is 650. The van der Waals surface area contributed by atoms with Gasteiger partial charge in [0.05, 0.1) is 6.10 Å². The van der Waals surface area contributed by atoms with E-state index in [0.29, 0.717) is 17.1 Å². The summed E-state index contributed by atoms with van der Waals surface area (Å²) < 4.78 is 11.9. The van der Waals surface area contributed by atoms with Crippen molar-refractivity contribution in [2.75, 3.05) is 0 Å². The van der Waals surface area contributed by atoms with Crippen LogP contribution >= 0.6 is 15.9 Å². The fourth-order valence-corrected chi connectivity index (χ4v) is 2.21. The van der Waals surface area contributed by atoms with Gasteiger partial charge in [0.2, 0.25) is 0 Å². The van der Waals surface area contributed by atoms with Crippen LogP contribution in [-0.4, -0.2) is 12.1 Å². The van der Waals surface area contributed by atoms with E-state index in [9.17, 15) is 4.79 Å². The summed E-state index contributed by atoms with van der Waals surface area (Å²) in [6, 6.07) is 12.7. The van der Waals surface area contributed by atoms with Gasteiger partial charge in [-0.3, -0.25) is 0 Å². The highest BCUT2D eigenvalue weighted by molar-refractivity contribution is 9.10. The summed E-state index contributed by atoms with van der Waals surface area (Å²) >= 11 is 3.37. The van der Waals surface area contributed by atoms with Crippen LogP contribution in [0.4, 0.5) is 0 Å². The number of carbonyl (C=O) groups is 1. The zero-order valence-electron chi connectivity index (χ0n) is 12.2. The number of halogens is 1. The smallest absolute Gasteiger partial charge is 0.347 e. The number of hydrogen-bond acceptors (Lipinski definition) is 3. The normalized spacial score (nSPS) is 10.5.